The highest BCUT2D eigenvalue weighted by atomic mass is 35.5. The van der Waals surface area contributed by atoms with E-state index in [2.05, 4.69) is 0 Å². The Morgan fingerprint density at radius 1 is 1.42 bits per heavy atom. The topological polar surface area (TPSA) is 23.5 Å². The fourth-order valence-electron chi connectivity index (χ4n) is 1.54. The molecular formula is C8H17Cl2NO. The van der Waals surface area contributed by atoms with Crippen LogP contribution < -0.4 is 0 Å². The van der Waals surface area contributed by atoms with Gasteiger partial charge in [0.15, 0.2) is 5.18 Å². The van der Waals surface area contributed by atoms with Crippen LogP contribution in [0.3, 0.4) is 0 Å². The molecule has 0 saturated carbocycles. The van der Waals surface area contributed by atoms with Gasteiger partial charge in [0, 0.05) is 19.5 Å². The zero-order valence-electron chi connectivity index (χ0n) is 7.42. The summed E-state index contributed by atoms with van der Waals surface area (Å²) >= 11 is 5.92. The fourth-order valence-corrected chi connectivity index (χ4v) is 1.89. The molecule has 0 spiro atoms. The molecule has 1 aliphatic heterocycles. The first-order chi connectivity index (χ1) is 5.17. The largest absolute Gasteiger partial charge is 0.363 e. The van der Waals surface area contributed by atoms with E-state index >= 15 is 0 Å². The van der Waals surface area contributed by atoms with E-state index in [0.717, 1.165) is 19.5 Å². The lowest BCUT2D eigenvalue weighted by Crippen LogP contribution is -2.41. The summed E-state index contributed by atoms with van der Waals surface area (Å²) in [6, 6.07) is 0. The van der Waals surface area contributed by atoms with Crippen molar-refractivity contribution in [3.8, 4) is 0 Å². The summed E-state index contributed by atoms with van der Waals surface area (Å²) in [6.45, 7) is 3.92. The van der Waals surface area contributed by atoms with Crippen molar-refractivity contribution in [3.63, 3.8) is 0 Å². The van der Waals surface area contributed by atoms with Gasteiger partial charge in [-0.05, 0) is 12.8 Å². The second-order valence-electron chi connectivity index (χ2n) is 3.16. The van der Waals surface area contributed by atoms with Crippen molar-refractivity contribution in [2.45, 2.75) is 37.8 Å². The van der Waals surface area contributed by atoms with Gasteiger partial charge < -0.3 is 5.11 Å². The van der Waals surface area contributed by atoms with Crippen molar-refractivity contribution in [3.05, 3.63) is 0 Å². The number of hydrogen-bond acceptors (Lipinski definition) is 2. The van der Waals surface area contributed by atoms with Crippen LogP contribution in [-0.2, 0) is 0 Å². The van der Waals surface area contributed by atoms with Crippen molar-refractivity contribution in [1.29, 1.82) is 0 Å². The molecule has 1 heterocycles. The fraction of sp³-hybridized carbons (Fsp3) is 1.00. The molecule has 0 aromatic heterocycles. The number of halogens is 2. The predicted molar refractivity (Wildman–Crippen MR) is 53.8 cm³/mol. The van der Waals surface area contributed by atoms with Gasteiger partial charge in [-0.2, -0.15) is 0 Å². The highest BCUT2D eigenvalue weighted by molar-refractivity contribution is 6.22. The average Bonchev–Trinajstić information content (AvgIpc) is 2.37. The summed E-state index contributed by atoms with van der Waals surface area (Å²) in [5.74, 6) is 0. The summed E-state index contributed by atoms with van der Waals surface area (Å²) < 4.78 is 0. The van der Waals surface area contributed by atoms with Gasteiger partial charge in [-0.3, -0.25) is 4.90 Å². The molecule has 0 aromatic carbocycles. The lowest BCUT2D eigenvalue weighted by molar-refractivity contribution is -0.0288. The Balaban J connectivity index is 0.00000121. The number of aliphatic hydroxyl groups is 1. The maximum Gasteiger partial charge on any atom is 0.196 e. The lowest BCUT2D eigenvalue weighted by atomic mass is 10.3. The van der Waals surface area contributed by atoms with Crippen LogP contribution in [0.1, 0.15) is 32.6 Å². The molecule has 0 amide bonds. The molecule has 12 heavy (non-hydrogen) atoms. The highest BCUT2D eigenvalue weighted by Gasteiger charge is 2.32. The van der Waals surface area contributed by atoms with Crippen molar-refractivity contribution in [2.75, 3.05) is 13.1 Å². The predicted octanol–water partition coefficient (Wildman–Crippen LogP) is 2.19. The number of likely N-dealkylation sites (tertiary alicyclic amines) is 1. The Hall–Kier alpha value is 0.500. The maximum absolute atomic E-state index is 9.71. The molecule has 4 heteroatoms. The van der Waals surface area contributed by atoms with Crippen LogP contribution in [0.25, 0.3) is 0 Å². The number of rotatable bonds is 3. The molecule has 0 radical (unpaired) electrons. The molecule has 1 saturated heterocycles. The normalized spacial score (nSPS) is 23.2. The first kappa shape index (κ1) is 12.5. The van der Waals surface area contributed by atoms with E-state index in [1.165, 1.54) is 12.8 Å². The maximum atomic E-state index is 9.71. The smallest absolute Gasteiger partial charge is 0.196 e. The van der Waals surface area contributed by atoms with Crippen molar-refractivity contribution >= 4 is 24.0 Å². The van der Waals surface area contributed by atoms with Gasteiger partial charge in [0.25, 0.3) is 0 Å². The molecule has 1 rings (SSSR count). The molecule has 0 bridgehead atoms. The van der Waals surface area contributed by atoms with Gasteiger partial charge in [0.2, 0.25) is 0 Å². The molecule has 1 unspecified atom stereocenters. The molecule has 0 aliphatic carbocycles. The zero-order chi connectivity index (χ0) is 8.32. The van der Waals surface area contributed by atoms with E-state index in [1.807, 2.05) is 11.8 Å². The molecule has 1 N–H and O–H groups in total. The van der Waals surface area contributed by atoms with E-state index in [1.54, 1.807) is 0 Å². The molecule has 74 valence electrons. The second-order valence-corrected chi connectivity index (χ2v) is 3.77. The van der Waals surface area contributed by atoms with Crippen LogP contribution >= 0.6 is 24.0 Å². The molecule has 1 aliphatic rings. The summed E-state index contributed by atoms with van der Waals surface area (Å²) in [5, 5.41) is 8.64. The molecule has 2 nitrogen and oxygen atoms in total. The Morgan fingerprint density at radius 3 is 2.33 bits per heavy atom. The van der Waals surface area contributed by atoms with E-state index in [0.29, 0.717) is 6.42 Å². The standard InChI is InChI=1S/C8H16ClNO.ClH/c1-2-5-8(9,11)10-6-3-4-7-10;/h11H,2-7H2,1H3;1H. The third-order valence-electron chi connectivity index (χ3n) is 2.16. The van der Waals surface area contributed by atoms with Crippen LogP contribution in [0, 0.1) is 0 Å². The highest BCUT2D eigenvalue weighted by Crippen LogP contribution is 2.26. The monoisotopic (exact) mass is 213 g/mol. The number of nitrogens with zero attached hydrogens (tertiary/aromatic N) is 1. The second kappa shape index (κ2) is 5.28. The van der Waals surface area contributed by atoms with E-state index in [4.69, 9.17) is 11.6 Å². The van der Waals surface area contributed by atoms with Crippen LogP contribution in [0.2, 0.25) is 0 Å². The Labute approximate surface area is 85.3 Å². The third-order valence-corrected chi connectivity index (χ3v) is 2.59. The Bertz CT molecular complexity index is 124. The van der Waals surface area contributed by atoms with E-state index in [9.17, 15) is 5.11 Å². The Kier molecular flexibility index (Phi) is 5.50. The van der Waals surface area contributed by atoms with Gasteiger partial charge in [-0.25, -0.2) is 0 Å². The quantitative estimate of drug-likeness (QED) is 0.575. The van der Waals surface area contributed by atoms with Gasteiger partial charge in [0.05, 0.1) is 0 Å². The van der Waals surface area contributed by atoms with E-state index in [-0.39, 0.29) is 12.4 Å². The van der Waals surface area contributed by atoms with Gasteiger partial charge >= 0.3 is 0 Å². The van der Waals surface area contributed by atoms with Crippen molar-refractivity contribution < 1.29 is 5.11 Å². The summed E-state index contributed by atoms with van der Waals surface area (Å²) in [4.78, 5) is 1.96. The molecule has 1 atom stereocenters. The van der Waals surface area contributed by atoms with Gasteiger partial charge in [0.1, 0.15) is 0 Å². The SMILES string of the molecule is CCCC(O)(Cl)N1CCCC1.Cl. The van der Waals surface area contributed by atoms with Gasteiger partial charge in [-0.15, -0.1) is 12.4 Å². The minimum atomic E-state index is -1.06. The first-order valence-electron chi connectivity index (χ1n) is 4.33. The number of alkyl halides is 1. The summed E-state index contributed by atoms with van der Waals surface area (Å²) in [5.41, 5.74) is 0. The number of hydrogen-bond donors (Lipinski definition) is 1. The third kappa shape index (κ3) is 3.09. The Morgan fingerprint density at radius 2 is 1.92 bits per heavy atom. The minimum Gasteiger partial charge on any atom is -0.363 e. The summed E-state index contributed by atoms with van der Waals surface area (Å²) in [7, 11) is 0. The minimum absolute atomic E-state index is 0. The van der Waals surface area contributed by atoms with Crippen LogP contribution in [-0.4, -0.2) is 28.3 Å². The molecular weight excluding hydrogens is 197 g/mol. The lowest BCUT2D eigenvalue weighted by Gasteiger charge is -2.30. The first-order valence-corrected chi connectivity index (χ1v) is 4.71. The van der Waals surface area contributed by atoms with E-state index < -0.39 is 5.18 Å². The average molecular weight is 214 g/mol. The van der Waals surface area contributed by atoms with Crippen molar-refractivity contribution in [1.82, 2.24) is 4.90 Å². The summed E-state index contributed by atoms with van der Waals surface area (Å²) in [6.07, 6.45) is 3.92. The molecule has 1 fully saturated rings. The van der Waals surface area contributed by atoms with Gasteiger partial charge in [-0.1, -0.05) is 24.9 Å². The van der Waals surface area contributed by atoms with Crippen LogP contribution in [0.4, 0.5) is 0 Å². The molecule has 0 aromatic rings. The van der Waals surface area contributed by atoms with Crippen LogP contribution in [0.15, 0.2) is 0 Å². The van der Waals surface area contributed by atoms with Crippen molar-refractivity contribution in [2.24, 2.45) is 0 Å². The zero-order valence-corrected chi connectivity index (χ0v) is 9.00. The van der Waals surface area contributed by atoms with Crippen LogP contribution in [0.5, 0.6) is 0 Å².